The summed E-state index contributed by atoms with van der Waals surface area (Å²) in [5.74, 6) is -0.216. The Morgan fingerprint density at radius 2 is 1.90 bits per heavy atom. The first-order valence-corrected chi connectivity index (χ1v) is 5.98. The molecule has 0 aliphatic heterocycles. The number of nitrogens with two attached hydrogens (primary N) is 1. The molecule has 0 aliphatic rings. The zero-order valence-corrected chi connectivity index (χ0v) is 10.5. The number of rotatable bonds is 3. The summed E-state index contributed by atoms with van der Waals surface area (Å²) < 4.78 is 1.72. The van der Waals surface area contributed by atoms with E-state index < -0.39 is 5.91 Å². The molecule has 98 valence electrons. The molecule has 2 aromatic heterocycles. The fourth-order valence-corrected chi connectivity index (χ4v) is 1.79. The molecule has 0 radical (unpaired) electrons. The molecule has 3 rings (SSSR count). The van der Waals surface area contributed by atoms with Crippen molar-refractivity contribution in [1.29, 1.82) is 0 Å². The molecule has 0 unspecified atom stereocenters. The van der Waals surface area contributed by atoms with Crippen molar-refractivity contribution in [2.75, 3.05) is 0 Å². The van der Waals surface area contributed by atoms with E-state index in [1.54, 1.807) is 10.7 Å². The highest BCUT2D eigenvalue weighted by molar-refractivity contribution is 5.90. The second-order valence-corrected chi connectivity index (χ2v) is 4.11. The summed E-state index contributed by atoms with van der Waals surface area (Å²) in [6.07, 6.45) is 3.30. The maximum absolute atomic E-state index is 11.1. The highest BCUT2D eigenvalue weighted by Crippen LogP contribution is 2.14. The summed E-state index contributed by atoms with van der Waals surface area (Å²) >= 11 is 0. The third kappa shape index (κ3) is 2.26. The van der Waals surface area contributed by atoms with Crippen molar-refractivity contribution in [3.63, 3.8) is 0 Å². The highest BCUT2D eigenvalue weighted by atomic mass is 16.1. The normalized spacial score (nSPS) is 10.4. The SMILES string of the molecule is NC(=O)c1ccnc(-c2ccn(-c3ccccc3)n2)n1. The summed E-state index contributed by atoms with van der Waals surface area (Å²) in [5, 5.41) is 4.39. The van der Waals surface area contributed by atoms with E-state index in [1.807, 2.05) is 36.5 Å². The lowest BCUT2D eigenvalue weighted by Gasteiger charge is -2.00. The predicted molar refractivity (Wildman–Crippen MR) is 73.1 cm³/mol. The van der Waals surface area contributed by atoms with Crippen LogP contribution >= 0.6 is 0 Å². The summed E-state index contributed by atoms with van der Waals surface area (Å²) in [7, 11) is 0. The molecule has 6 heteroatoms. The first-order chi connectivity index (χ1) is 9.74. The second kappa shape index (κ2) is 4.93. The van der Waals surface area contributed by atoms with E-state index in [2.05, 4.69) is 15.1 Å². The van der Waals surface area contributed by atoms with Gasteiger partial charge < -0.3 is 5.73 Å². The van der Waals surface area contributed by atoms with Gasteiger partial charge in [-0.25, -0.2) is 14.6 Å². The average molecular weight is 265 g/mol. The lowest BCUT2D eigenvalue weighted by molar-refractivity contribution is 0.0995. The molecule has 1 amide bonds. The van der Waals surface area contributed by atoms with Gasteiger partial charge in [0.15, 0.2) is 5.82 Å². The Bertz CT molecular complexity index is 751. The lowest BCUT2D eigenvalue weighted by atomic mass is 10.3. The Labute approximate surface area is 114 Å². The number of hydrogen-bond acceptors (Lipinski definition) is 4. The van der Waals surface area contributed by atoms with Crippen LogP contribution in [0, 0.1) is 0 Å². The third-order valence-corrected chi connectivity index (χ3v) is 2.75. The molecule has 1 aromatic carbocycles. The van der Waals surface area contributed by atoms with Crippen LogP contribution in [0.2, 0.25) is 0 Å². The number of aromatic nitrogens is 4. The van der Waals surface area contributed by atoms with Crippen LogP contribution in [0.5, 0.6) is 0 Å². The van der Waals surface area contributed by atoms with Crippen molar-refractivity contribution in [2.24, 2.45) is 5.73 Å². The van der Waals surface area contributed by atoms with Gasteiger partial charge in [0.25, 0.3) is 5.91 Å². The van der Waals surface area contributed by atoms with Crippen molar-refractivity contribution in [1.82, 2.24) is 19.7 Å². The first kappa shape index (κ1) is 12.0. The van der Waals surface area contributed by atoms with Gasteiger partial charge in [-0.2, -0.15) is 5.10 Å². The molecule has 20 heavy (non-hydrogen) atoms. The van der Waals surface area contributed by atoms with Gasteiger partial charge in [-0.05, 0) is 24.3 Å². The Balaban J connectivity index is 1.98. The number of carbonyl (C=O) groups excluding carboxylic acids is 1. The van der Waals surface area contributed by atoms with Crippen molar-refractivity contribution in [2.45, 2.75) is 0 Å². The molecular weight excluding hydrogens is 254 g/mol. The zero-order chi connectivity index (χ0) is 13.9. The predicted octanol–water partition coefficient (Wildman–Crippen LogP) is 1.43. The standard InChI is InChI=1S/C14H11N5O/c15-13(20)11-6-8-16-14(17-11)12-7-9-19(18-12)10-4-2-1-3-5-10/h1-9H,(H2,15,20). The van der Waals surface area contributed by atoms with E-state index in [1.165, 1.54) is 12.3 Å². The van der Waals surface area contributed by atoms with Crippen LogP contribution in [0.3, 0.4) is 0 Å². The van der Waals surface area contributed by atoms with Gasteiger partial charge in [0.1, 0.15) is 11.4 Å². The molecule has 0 bridgehead atoms. The number of carbonyl (C=O) groups is 1. The topological polar surface area (TPSA) is 86.7 Å². The van der Waals surface area contributed by atoms with Crippen LogP contribution in [0.4, 0.5) is 0 Å². The number of nitrogens with zero attached hydrogens (tertiary/aromatic N) is 4. The third-order valence-electron chi connectivity index (χ3n) is 2.75. The Morgan fingerprint density at radius 1 is 1.10 bits per heavy atom. The minimum atomic E-state index is -0.587. The van der Waals surface area contributed by atoms with Crippen LogP contribution in [0.15, 0.2) is 54.9 Å². The monoisotopic (exact) mass is 265 g/mol. The van der Waals surface area contributed by atoms with E-state index in [9.17, 15) is 4.79 Å². The summed E-state index contributed by atoms with van der Waals surface area (Å²) in [4.78, 5) is 19.3. The molecule has 0 spiro atoms. The fraction of sp³-hybridized carbons (Fsp3) is 0. The second-order valence-electron chi connectivity index (χ2n) is 4.11. The van der Waals surface area contributed by atoms with E-state index >= 15 is 0 Å². The maximum Gasteiger partial charge on any atom is 0.267 e. The fourth-order valence-electron chi connectivity index (χ4n) is 1.79. The van der Waals surface area contributed by atoms with Crippen molar-refractivity contribution in [3.8, 4) is 17.2 Å². The number of primary amides is 1. The quantitative estimate of drug-likeness (QED) is 0.776. The van der Waals surface area contributed by atoms with Crippen molar-refractivity contribution >= 4 is 5.91 Å². The molecule has 2 N–H and O–H groups in total. The van der Waals surface area contributed by atoms with Crippen molar-refractivity contribution in [3.05, 3.63) is 60.6 Å². The van der Waals surface area contributed by atoms with Crippen LogP contribution in [-0.4, -0.2) is 25.7 Å². The molecule has 2 heterocycles. The molecule has 0 saturated carbocycles. The van der Waals surface area contributed by atoms with Gasteiger partial charge in [0.05, 0.1) is 5.69 Å². The number of hydrogen-bond donors (Lipinski definition) is 1. The highest BCUT2D eigenvalue weighted by Gasteiger charge is 2.09. The zero-order valence-electron chi connectivity index (χ0n) is 10.5. The lowest BCUT2D eigenvalue weighted by Crippen LogP contribution is -2.13. The van der Waals surface area contributed by atoms with Gasteiger partial charge in [0.2, 0.25) is 0 Å². The number of amides is 1. The number of para-hydroxylation sites is 1. The summed E-state index contributed by atoms with van der Waals surface area (Å²) in [5.41, 5.74) is 6.89. The molecule has 0 atom stereocenters. The molecule has 6 nitrogen and oxygen atoms in total. The molecule has 0 saturated heterocycles. The van der Waals surface area contributed by atoms with Crippen LogP contribution in [0.1, 0.15) is 10.5 Å². The van der Waals surface area contributed by atoms with E-state index in [-0.39, 0.29) is 5.69 Å². The van der Waals surface area contributed by atoms with Crippen LogP contribution in [0.25, 0.3) is 17.2 Å². The molecular formula is C14H11N5O. The van der Waals surface area contributed by atoms with Gasteiger partial charge in [-0.15, -0.1) is 0 Å². The van der Waals surface area contributed by atoms with Crippen LogP contribution in [-0.2, 0) is 0 Å². The molecule has 3 aromatic rings. The maximum atomic E-state index is 11.1. The van der Waals surface area contributed by atoms with Gasteiger partial charge in [-0.3, -0.25) is 4.79 Å². The minimum Gasteiger partial charge on any atom is -0.364 e. The van der Waals surface area contributed by atoms with E-state index in [4.69, 9.17) is 5.73 Å². The summed E-state index contributed by atoms with van der Waals surface area (Å²) in [6.45, 7) is 0. The largest absolute Gasteiger partial charge is 0.364 e. The summed E-state index contributed by atoms with van der Waals surface area (Å²) in [6, 6.07) is 12.9. The van der Waals surface area contributed by atoms with Gasteiger partial charge in [-0.1, -0.05) is 18.2 Å². The van der Waals surface area contributed by atoms with Gasteiger partial charge >= 0.3 is 0 Å². The smallest absolute Gasteiger partial charge is 0.267 e. The minimum absolute atomic E-state index is 0.171. The molecule has 0 fully saturated rings. The van der Waals surface area contributed by atoms with Crippen LogP contribution < -0.4 is 5.73 Å². The van der Waals surface area contributed by atoms with E-state index in [0.29, 0.717) is 11.5 Å². The average Bonchev–Trinajstić information content (AvgIpc) is 2.98. The van der Waals surface area contributed by atoms with E-state index in [0.717, 1.165) is 5.69 Å². The Morgan fingerprint density at radius 3 is 2.65 bits per heavy atom. The Hall–Kier alpha value is -3.02. The molecule has 0 aliphatic carbocycles. The van der Waals surface area contributed by atoms with Crippen molar-refractivity contribution < 1.29 is 4.79 Å². The first-order valence-electron chi connectivity index (χ1n) is 5.98. The Kier molecular flexibility index (Phi) is 2.96. The number of benzene rings is 1. The van der Waals surface area contributed by atoms with Gasteiger partial charge in [0, 0.05) is 12.4 Å².